The Balaban J connectivity index is 1.55. The van der Waals surface area contributed by atoms with Gasteiger partial charge in [0, 0.05) is 17.8 Å². The molecule has 0 aromatic heterocycles. The lowest BCUT2D eigenvalue weighted by atomic mass is 10.0. The predicted octanol–water partition coefficient (Wildman–Crippen LogP) is 5.49. The van der Waals surface area contributed by atoms with Crippen molar-refractivity contribution in [1.82, 2.24) is 0 Å². The number of sulfonamides is 1. The Hall–Kier alpha value is -3.12. The number of hydrogen-bond donors (Lipinski definition) is 2. The number of amides is 1. The molecule has 6 heteroatoms. The summed E-state index contributed by atoms with van der Waals surface area (Å²) in [5, 5.41) is 2.82. The number of carbonyl (C=O) groups excluding carboxylic acids is 1. The second-order valence-electron chi connectivity index (χ2n) is 7.94. The first-order valence-corrected chi connectivity index (χ1v) is 11.8. The minimum Gasteiger partial charge on any atom is -0.326 e. The first kappa shape index (κ1) is 22.6. The Bertz CT molecular complexity index is 1120. The first-order chi connectivity index (χ1) is 14.7. The molecule has 0 saturated carbocycles. The van der Waals surface area contributed by atoms with Crippen molar-refractivity contribution in [2.24, 2.45) is 0 Å². The molecule has 0 aliphatic heterocycles. The van der Waals surface area contributed by atoms with E-state index in [0.717, 1.165) is 11.1 Å². The van der Waals surface area contributed by atoms with Gasteiger partial charge in [0.15, 0.2) is 0 Å². The molecule has 3 aromatic rings. The van der Waals surface area contributed by atoms with Gasteiger partial charge in [0.1, 0.15) is 0 Å². The molecule has 162 valence electrons. The molecule has 0 heterocycles. The Morgan fingerprint density at radius 2 is 1.42 bits per heavy atom. The van der Waals surface area contributed by atoms with E-state index < -0.39 is 10.0 Å². The van der Waals surface area contributed by atoms with Crippen LogP contribution in [0.2, 0.25) is 0 Å². The molecule has 2 N–H and O–H groups in total. The topological polar surface area (TPSA) is 75.3 Å². The molecule has 3 aromatic carbocycles. The summed E-state index contributed by atoms with van der Waals surface area (Å²) in [6, 6.07) is 21.6. The van der Waals surface area contributed by atoms with Crippen LogP contribution in [0.3, 0.4) is 0 Å². The van der Waals surface area contributed by atoms with Crippen LogP contribution < -0.4 is 10.0 Å². The predicted molar refractivity (Wildman–Crippen MR) is 126 cm³/mol. The zero-order chi connectivity index (χ0) is 22.4. The Labute approximate surface area is 184 Å². The van der Waals surface area contributed by atoms with Crippen LogP contribution >= 0.6 is 0 Å². The minimum atomic E-state index is -3.69. The molecule has 31 heavy (non-hydrogen) atoms. The molecule has 0 bridgehead atoms. The molecule has 1 amide bonds. The molecule has 0 spiro atoms. The summed E-state index contributed by atoms with van der Waals surface area (Å²) in [6.07, 6.45) is 1.01. The highest BCUT2D eigenvalue weighted by Crippen LogP contribution is 2.19. The van der Waals surface area contributed by atoms with Crippen LogP contribution in [0.5, 0.6) is 0 Å². The van der Waals surface area contributed by atoms with Gasteiger partial charge in [0.25, 0.3) is 10.0 Å². The summed E-state index contributed by atoms with van der Waals surface area (Å²) >= 11 is 0. The molecular weight excluding hydrogens is 408 g/mol. The highest BCUT2D eigenvalue weighted by Gasteiger charge is 2.14. The average Bonchev–Trinajstić information content (AvgIpc) is 2.74. The third-order valence-electron chi connectivity index (χ3n) is 5.04. The largest absolute Gasteiger partial charge is 0.326 e. The molecule has 0 atom stereocenters. The summed E-state index contributed by atoms with van der Waals surface area (Å²) in [5.74, 6) is 0.373. The van der Waals surface area contributed by atoms with E-state index in [0.29, 0.717) is 30.1 Å². The fourth-order valence-corrected chi connectivity index (χ4v) is 4.16. The molecule has 0 aliphatic rings. The van der Waals surface area contributed by atoms with Gasteiger partial charge in [-0.25, -0.2) is 8.42 Å². The number of carbonyl (C=O) groups is 1. The van der Waals surface area contributed by atoms with Crippen molar-refractivity contribution >= 4 is 27.3 Å². The van der Waals surface area contributed by atoms with Gasteiger partial charge in [-0.15, -0.1) is 0 Å². The van der Waals surface area contributed by atoms with Crippen LogP contribution in [0.4, 0.5) is 11.4 Å². The normalized spacial score (nSPS) is 11.4. The van der Waals surface area contributed by atoms with Gasteiger partial charge >= 0.3 is 0 Å². The van der Waals surface area contributed by atoms with Crippen molar-refractivity contribution in [2.45, 2.75) is 44.4 Å². The summed E-state index contributed by atoms with van der Waals surface area (Å²) in [5.41, 5.74) is 4.51. The maximum Gasteiger partial charge on any atom is 0.261 e. The van der Waals surface area contributed by atoms with Crippen molar-refractivity contribution in [1.29, 1.82) is 0 Å². The first-order valence-electron chi connectivity index (χ1n) is 10.3. The quantitative estimate of drug-likeness (QED) is 0.490. The average molecular weight is 437 g/mol. The van der Waals surface area contributed by atoms with Crippen LogP contribution in [0.25, 0.3) is 0 Å². The standard InChI is InChI=1S/C25H28N2O3S/c1-18(2)21-9-6-20(7-10-21)8-17-25(28)26-22-13-15-24(16-14-22)31(29,30)27-23-11-4-19(3)5-12-23/h4-7,9-16,18,27H,8,17H2,1-3H3,(H,26,28). The number of nitrogens with one attached hydrogen (secondary N) is 2. The van der Waals surface area contributed by atoms with Crippen LogP contribution in [0, 0.1) is 6.92 Å². The second-order valence-corrected chi connectivity index (χ2v) is 9.62. The summed E-state index contributed by atoms with van der Waals surface area (Å²) in [7, 11) is -3.69. The smallest absolute Gasteiger partial charge is 0.261 e. The van der Waals surface area contributed by atoms with E-state index in [1.807, 2.05) is 19.1 Å². The van der Waals surface area contributed by atoms with E-state index in [1.165, 1.54) is 17.7 Å². The SMILES string of the molecule is Cc1ccc(NS(=O)(=O)c2ccc(NC(=O)CCc3ccc(C(C)C)cc3)cc2)cc1. The Morgan fingerprint density at radius 3 is 2.00 bits per heavy atom. The van der Waals surface area contributed by atoms with Gasteiger partial charge in [0.2, 0.25) is 5.91 Å². The second kappa shape index (κ2) is 9.79. The van der Waals surface area contributed by atoms with E-state index in [-0.39, 0.29) is 10.8 Å². The van der Waals surface area contributed by atoms with Gasteiger partial charge < -0.3 is 5.32 Å². The fourth-order valence-electron chi connectivity index (χ4n) is 3.10. The summed E-state index contributed by atoms with van der Waals surface area (Å²) < 4.78 is 27.6. The van der Waals surface area contributed by atoms with Crippen LogP contribution in [0.1, 0.15) is 42.9 Å². The van der Waals surface area contributed by atoms with Crippen molar-refractivity contribution in [2.75, 3.05) is 10.0 Å². The van der Waals surface area contributed by atoms with Crippen molar-refractivity contribution in [3.05, 3.63) is 89.5 Å². The highest BCUT2D eigenvalue weighted by atomic mass is 32.2. The van der Waals surface area contributed by atoms with Crippen molar-refractivity contribution < 1.29 is 13.2 Å². The lowest BCUT2D eigenvalue weighted by Crippen LogP contribution is -2.14. The van der Waals surface area contributed by atoms with E-state index in [9.17, 15) is 13.2 Å². The van der Waals surface area contributed by atoms with E-state index >= 15 is 0 Å². The molecule has 5 nitrogen and oxygen atoms in total. The lowest BCUT2D eigenvalue weighted by molar-refractivity contribution is -0.116. The van der Waals surface area contributed by atoms with E-state index in [4.69, 9.17) is 0 Å². The Kier molecular flexibility index (Phi) is 7.13. The van der Waals surface area contributed by atoms with Gasteiger partial charge in [0.05, 0.1) is 4.90 Å². The molecule has 0 saturated heterocycles. The number of anilines is 2. The fraction of sp³-hybridized carbons (Fsp3) is 0.240. The maximum atomic E-state index is 12.5. The van der Waals surface area contributed by atoms with Gasteiger partial charge in [-0.05, 0) is 66.8 Å². The van der Waals surface area contributed by atoms with E-state index in [1.54, 1.807) is 24.3 Å². The third-order valence-corrected chi connectivity index (χ3v) is 6.44. The minimum absolute atomic E-state index is 0.110. The number of hydrogen-bond acceptors (Lipinski definition) is 3. The monoisotopic (exact) mass is 436 g/mol. The number of aryl methyl sites for hydroxylation is 2. The zero-order valence-electron chi connectivity index (χ0n) is 18.1. The van der Waals surface area contributed by atoms with Crippen LogP contribution in [-0.4, -0.2) is 14.3 Å². The van der Waals surface area contributed by atoms with Gasteiger partial charge in [-0.2, -0.15) is 0 Å². The Morgan fingerprint density at radius 1 is 0.839 bits per heavy atom. The van der Waals surface area contributed by atoms with E-state index in [2.05, 4.69) is 48.2 Å². The molecule has 0 unspecified atom stereocenters. The van der Waals surface area contributed by atoms with Crippen LogP contribution in [0.15, 0.2) is 77.7 Å². The molecule has 0 aliphatic carbocycles. The third kappa shape index (κ3) is 6.43. The highest BCUT2D eigenvalue weighted by molar-refractivity contribution is 7.92. The molecule has 3 rings (SSSR count). The van der Waals surface area contributed by atoms with Crippen molar-refractivity contribution in [3.63, 3.8) is 0 Å². The van der Waals surface area contributed by atoms with Gasteiger partial charge in [-0.3, -0.25) is 9.52 Å². The van der Waals surface area contributed by atoms with Crippen LogP contribution in [-0.2, 0) is 21.2 Å². The summed E-state index contributed by atoms with van der Waals surface area (Å²) in [4.78, 5) is 12.4. The maximum absolute atomic E-state index is 12.5. The molecule has 0 fully saturated rings. The number of benzene rings is 3. The zero-order valence-corrected chi connectivity index (χ0v) is 18.9. The van der Waals surface area contributed by atoms with Gasteiger partial charge in [-0.1, -0.05) is 55.8 Å². The molecule has 0 radical (unpaired) electrons. The lowest BCUT2D eigenvalue weighted by Gasteiger charge is -2.10. The van der Waals surface area contributed by atoms with Crippen molar-refractivity contribution in [3.8, 4) is 0 Å². The molecular formula is C25H28N2O3S. The summed E-state index contributed by atoms with van der Waals surface area (Å²) in [6.45, 7) is 6.24. The number of rotatable bonds is 8.